The zero-order valence-electron chi connectivity index (χ0n) is 8.20. The van der Waals surface area contributed by atoms with Crippen LogP contribution in [0.15, 0.2) is 27.1 Å². The first-order valence-corrected chi connectivity index (χ1v) is 6.31. The molecule has 0 radical (unpaired) electrons. The minimum Gasteiger partial charge on any atom is -0.858 e. The Bertz CT molecular complexity index is 597. The Morgan fingerprint density at radius 3 is 2.33 bits per heavy atom. The molecule has 0 aromatic heterocycles. The Kier molecular flexibility index (Phi) is 4.01. The van der Waals surface area contributed by atoms with Gasteiger partial charge < -0.3 is 5.11 Å². The molecule has 18 heavy (non-hydrogen) atoms. The molecule has 0 saturated carbocycles. The van der Waals surface area contributed by atoms with Crippen molar-refractivity contribution in [1.82, 2.24) is 0 Å². The number of rotatable bonds is 2. The van der Waals surface area contributed by atoms with Crippen LogP contribution < -0.4 is 5.11 Å². The molecule has 0 aliphatic carbocycles. The molecule has 0 unspecified atom stereocenters. The zero-order chi connectivity index (χ0) is 14.1. The Morgan fingerprint density at radius 2 is 1.89 bits per heavy atom. The summed E-state index contributed by atoms with van der Waals surface area (Å²) < 4.78 is 71.7. The summed E-state index contributed by atoms with van der Waals surface area (Å²) in [5.41, 5.74) is -6.15. The lowest BCUT2D eigenvalue weighted by Gasteiger charge is -2.13. The molecular formula is C8H3BrF4NO3S-. The zero-order valence-corrected chi connectivity index (χ0v) is 10.6. The molecule has 10 heteroatoms. The van der Waals surface area contributed by atoms with Crippen LogP contribution in [0, 0.1) is 5.82 Å². The number of sulfonamides is 1. The lowest BCUT2D eigenvalue weighted by atomic mass is 10.2. The highest BCUT2D eigenvalue weighted by Gasteiger charge is 2.45. The van der Waals surface area contributed by atoms with E-state index in [0.717, 1.165) is 18.2 Å². The van der Waals surface area contributed by atoms with Crippen LogP contribution in [-0.2, 0) is 10.0 Å². The van der Waals surface area contributed by atoms with Gasteiger partial charge in [-0.2, -0.15) is 26.0 Å². The molecule has 0 bridgehead atoms. The van der Waals surface area contributed by atoms with Crippen molar-refractivity contribution in [2.45, 2.75) is 5.51 Å². The van der Waals surface area contributed by atoms with Crippen LogP contribution in [0.3, 0.4) is 0 Å². The number of nitrogens with zero attached hydrogens (tertiary/aromatic N) is 1. The average molecular weight is 349 g/mol. The highest BCUT2D eigenvalue weighted by atomic mass is 79.9. The second-order valence-electron chi connectivity index (χ2n) is 2.94. The van der Waals surface area contributed by atoms with Gasteiger partial charge in [0.2, 0.25) is 0 Å². The number of benzene rings is 1. The number of halogens is 5. The molecular weight excluding hydrogens is 346 g/mol. The van der Waals surface area contributed by atoms with Gasteiger partial charge in [-0.25, -0.2) is 4.39 Å². The van der Waals surface area contributed by atoms with E-state index in [1.165, 1.54) is 0 Å². The Hall–Kier alpha value is -1.16. The van der Waals surface area contributed by atoms with Crippen molar-refractivity contribution >= 4 is 31.9 Å². The van der Waals surface area contributed by atoms with Gasteiger partial charge in [0.25, 0.3) is 0 Å². The van der Waals surface area contributed by atoms with Gasteiger partial charge in [0, 0.05) is 15.9 Å². The van der Waals surface area contributed by atoms with Gasteiger partial charge in [-0.05, 0) is 18.2 Å². The second kappa shape index (κ2) is 4.84. The fourth-order valence-corrected chi connectivity index (χ4v) is 1.81. The van der Waals surface area contributed by atoms with Crippen LogP contribution in [0.1, 0.15) is 5.56 Å². The van der Waals surface area contributed by atoms with E-state index >= 15 is 0 Å². The molecule has 0 aliphatic heterocycles. The van der Waals surface area contributed by atoms with Gasteiger partial charge >= 0.3 is 15.5 Å². The van der Waals surface area contributed by atoms with E-state index in [9.17, 15) is 31.1 Å². The molecule has 0 saturated heterocycles. The molecule has 0 N–H and O–H groups in total. The third kappa shape index (κ3) is 3.19. The van der Waals surface area contributed by atoms with Crippen molar-refractivity contribution in [3.05, 3.63) is 34.1 Å². The topological polar surface area (TPSA) is 69.6 Å². The lowest BCUT2D eigenvalue weighted by Crippen LogP contribution is -2.27. The third-order valence-electron chi connectivity index (χ3n) is 1.66. The predicted molar refractivity (Wildman–Crippen MR) is 55.6 cm³/mol. The molecule has 0 atom stereocenters. The van der Waals surface area contributed by atoms with Crippen LogP contribution in [0.5, 0.6) is 0 Å². The Labute approximate surface area is 107 Å². The summed E-state index contributed by atoms with van der Waals surface area (Å²) >= 11 is 2.71. The number of hydrogen-bond donors (Lipinski definition) is 0. The normalized spacial score (nSPS) is 13.7. The van der Waals surface area contributed by atoms with E-state index in [4.69, 9.17) is 0 Å². The first-order chi connectivity index (χ1) is 8.04. The van der Waals surface area contributed by atoms with Crippen molar-refractivity contribution < 1.29 is 31.1 Å². The smallest absolute Gasteiger partial charge is 0.518 e. The standard InChI is InChI=1S/C8H4BrF4NO3S/c9-6-3-4(10)1-2-5(6)7(15)14-18(16,17)8(11,12)13/h1-3H,(H,14,15)/p-1. The highest BCUT2D eigenvalue weighted by Crippen LogP contribution is 2.25. The molecule has 0 amide bonds. The summed E-state index contributed by atoms with van der Waals surface area (Å²) in [6.07, 6.45) is 0. The van der Waals surface area contributed by atoms with Gasteiger partial charge in [0.05, 0.1) is 0 Å². The van der Waals surface area contributed by atoms with Crippen LogP contribution in [0.25, 0.3) is 0 Å². The maximum Gasteiger partial charge on any atom is 0.518 e. The van der Waals surface area contributed by atoms with Gasteiger partial charge in [0.15, 0.2) is 0 Å². The van der Waals surface area contributed by atoms with Gasteiger partial charge in [-0.1, -0.05) is 15.9 Å². The van der Waals surface area contributed by atoms with Gasteiger partial charge in [-0.15, -0.1) is 0 Å². The maximum absolute atomic E-state index is 12.7. The lowest BCUT2D eigenvalue weighted by molar-refractivity contribution is -0.212. The van der Waals surface area contributed by atoms with E-state index in [1.54, 1.807) is 0 Å². The Balaban J connectivity index is 3.27. The van der Waals surface area contributed by atoms with E-state index in [2.05, 4.69) is 20.3 Å². The predicted octanol–water partition coefficient (Wildman–Crippen LogP) is 1.54. The molecule has 1 aromatic rings. The van der Waals surface area contributed by atoms with Crippen LogP contribution >= 0.6 is 15.9 Å². The third-order valence-corrected chi connectivity index (χ3v) is 3.30. The van der Waals surface area contributed by atoms with Crippen molar-refractivity contribution in [2.75, 3.05) is 0 Å². The molecule has 100 valence electrons. The summed E-state index contributed by atoms with van der Waals surface area (Å²) in [5, 5.41) is 11.2. The average Bonchev–Trinajstić information content (AvgIpc) is 2.14. The van der Waals surface area contributed by atoms with E-state index in [-0.39, 0.29) is 4.47 Å². The molecule has 0 spiro atoms. The van der Waals surface area contributed by atoms with E-state index < -0.39 is 32.8 Å². The fourth-order valence-electron chi connectivity index (χ4n) is 0.873. The van der Waals surface area contributed by atoms with Crippen LogP contribution in [0.4, 0.5) is 17.6 Å². The molecule has 0 fully saturated rings. The molecule has 0 heterocycles. The van der Waals surface area contributed by atoms with Crippen molar-refractivity contribution in [3.8, 4) is 0 Å². The van der Waals surface area contributed by atoms with E-state index in [0.29, 0.717) is 0 Å². The van der Waals surface area contributed by atoms with E-state index in [1.807, 2.05) is 0 Å². The summed E-state index contributed by atoms with van der Waals surface area (Å²) in [4.78, 5) is 0. The monoisotopic (exact) mass is 348 g/mol. The number of hydrogen-bond acceptors (Lipinski definition) is 3. The quantitative estimate of drug-likeness (QED) is 0.462. The molecule has 1 rings (SSSR count). The van der Waals surface area contributed by atoms with Crippen molar-refractivity contribution in [3.63, 3.8) is 0 Å². The Morgan fingerprint density at radius 1 is 1.33 bits per heavy atom. The minimum absolute atomic E-state index is 0.200. The van der Waals surface area contributed by atoms with Gasteiger partial charge in [0.1, 0.15) is 5.82 Å². The summed E-state index contributed by atoms with van der Waals surface area (Å²) in [6, 6.07) is 2.40. The second-order valence-corrected chi connectivity index (χ2v) is 5.39. The number of alkyl halides is 3. The first kappa shape index (κ1) is 14.9. The first-order valence-electron chi connectivity index (χ1n) is 4.08. The largest absolute Gasteiger partial charge is 0.858 e. The van der Waals surface area contributed by atoms with Crippen molar-refractivity contribution in [2.24, 2.45) is 4.40 Å². The maximum atomic E-state index is 12.7. The molecule has 4 nitrogen and oxygen atoms in total. The van der Waals surface area contributed by atoms with Crippen LogP contribution in [-0.4, -0.2) is 19.8 Å². The van der Waals surface area contributed by atoms with Crippen LogP contribution in [0.2, 0.25) is 0 Å². The highest BCUT2D eigenvalue weighted by molar-refractivity contribution is 9.10. The molecule has 0 aliphatic rings. The van der Waals surface area contributed by atoms with Crippen molar-refractivity contribution in [1.29, 1.82) is 0 Å². The fraction of sp³-hybridized carbons (Fsp3) is 0.125. The summed E-state index contributed by atoms with van der Waals surface area (Å²) in [5.74, 6) is -2.39. The minimum atomic E-state index is -5.91. The van der Waals surface area contributed by atoms with Gasteiger partial charge in [-0.3, -0.25) is 0 Å². The molecule has 1 aromatic carbocycles. The summed E-state index contributed by atoms with van der Waals surface area (Å²) in [7, 11) is -5.91. The SMILES string of the molecule is O=S(=O)(/N=C(\[O-])c1ccc(F)cc1Br)C(F)(F)F. The summed E-state index contributed by atoms with van der Waals surface area (Å²) in [6.45, 7) is 0.